The minimum absolute atomic E-state index is 0.896. The number of hydrogen-bond acceptors (Lipinski definition) is 1. The summed E-state index contributed by atoms with van der Waals surface area (Å²) in [6.07, 6.45) is 6.20. The molecule has 0 fully saturated rings. The van der Waals surface area contributed by atoms with Crippen molar-refractivity contribution in [3.63, 3.8) is 0 Å². The maximum Gasteiger partial charge on any atom is 0.179 e. The van der Waals surface area contributed by atoms with Crippen molar-refractivity contribution in [3.05, 3.63) is 291 Å². The van der Waals surface area contributed by atoms with Crippen molar-refractivity contribution in [3.8, 4) is 16.8 Å². The highest BCUT2D eigenvalue weighted by Crippen LogP contribution is 2.39. The zero-order chi connectivity index (χ0) is 47.8. The van der Waals surface area contributed by atoms with E-state index in [2.05, 4.69) is 285 Å². The summed E-state index contributed by atoms with van der Waals surface area (Å²) in [4.78, 5) is 0. The maximum atomic E-state index is 6.62. The summed E-state index contributed by atoms with van der Waals surface area (Å²) in [6.45, 7) is 6.43. The van der Waals surface area contributed by atoms with Crippen LogP contribution in [0.1, 0.15) is 11.3 Å². The van der Waals surface area contributed by atoms with Crippen LogP contribution in [0.25, 0.3) is 55.7 Å². The Labute approximate surface area is 417 Å². The summed E-state index contributed by atoms with van der Waals surface area (Å²) in [5, 5.41) is 14.1. The Hall–Kier alpha value is -8.55. The molecule has 4 heteroatoms. The summed E-state index contributed by atoms with van der Waals surface area (Å²) >= 11 is 0. The quantitative estimate of drug-likeness (QED) is 0.0678. The van der Waals surface area contributed by atoms with Crippen LogP contribution in [-0.4, -0.2) is 20.7 Å². The third-order valence-electron chi connectivity index (χ3n) is 14.7. The molecule has 2 heterocycles. The minimum atomic E-state index is -3.11. The number of fused-ring (bicyclic) bond motifs is 4. The molecule has 0 amide bonds. The van der Waals surface area contributed by atoms with Crippen LogP contribution in [0.2, 0.25) is 0 Å². The summed E-state index contributed by atoms with van der Waals surface area (Å²) < 4.78 is 9.14. The lowest BCUT2D eigenvalue weighted by Gasteiger charge is -2.38. The van der Waals surface area contributed by atoms with Gasteiger partial charge in [0.05, 0.1) is 5.52 Å². The number of furan rings is 1. The first-order valence-corrected chi connectivity index (χ1v) is 28.4. The first-order valence-electron chi connectivity index (χ1n) is 24.4. The minimum Gasteiger partial charge on any atom is -0.455 e. The normalized spacial score (nSPS) is 12.0. The molecule has 12 rings (SSSR count). The van der Waals surface area contributed by atoms with E-state index in [1.54, 1.807) is 0 Å². The van der Waals surface area contributed by atoms with Gasteiger partial charge in [0.2, 0.25) is 0 Å². The summed E-state index contributed by atoms with van der Waals surface area (Å²) in [5.74, 6) is 0. The molecule has 0 unspecified atom stereocenters. The number of nitrogens with zero attached hydrogens (tertiary/aromatic N) is 1. The van der Waals surface area contributed by atoms with Gasteiger partial charge in [-0.1, -0.05) is 249 Å². The molecule has 12 aromatic rings. The van der Waals surface area contributed by atoms with Crippen molar-refractivity contribution in [2.75, 3.05) is 0 Å². The lowest BCUT2D eigenvalue weighted by molar-refractivity contribution is 0.670. The van der Waals surface area contributed by atoms with Crippen LogP contribution in [0.3, 0.4) is 0 Å². The van der Waals surface area contributed by atoms with Crippen molar-refractivity contribution in [2.24, 2.45) is 0 Å². The highest BCUT2D eigenvalue weighted by Gasteiger charge is 2.46. The van der Waals surface area contributed by atoms with Gasteiger partial charge < -0.3 is 8.98 Å². The van der Waals surface area contributed by atoms with Gasteiger partial charge in [0.1, 0.15) is 11.2 Å². The highest BCUT2D eigenvalue weighted by atomic mass is 28.3. The smallest absolute Gasteiger partial charge is 0.179 e. The van der Waals surface area contributed by atoms with E-state index in [9.17, 15) is 0 Å². The molecule has 0 saturated carbocycles. The van der Waals surface area contributed by atoms with E-state index in [0.717, 1.165) is 50.0 Å². The third-order valence-corrected chi connectivity index (χ3v) is 24.2. The van der Waals surface area contributed by atoms with Gasteiger partial charge in [0.15, 0.2) is 16.1 Å². The Balaban J connectivity index is 1.24. The Kier molecular flexibility index (Phi) is 11.3. The molecule has 10 aromatic carbocycles. The standard InChI is InChI=1S/C67H51NOSi2/c1-3-4-41-64-49(2)63-45-50(60-39-25-40-62-61-38-23-24-42-66(61)69-67(60)62)43-44-65(63)68(64)51-46-58(70(52-26-11-5-12-27-52,53-28-13-6-14-29-53)54-30-15-7-16-31-54)48-59(47-51)71(55-32-17-8-18-33-55,56-34-19-9-20-35-56)57-36-21-10-22-37-57/h3-48H,1H2,2H3/b41-4-. The molecule has 0 saturated heterocycles. The number of para-hydroxylation sites is 2. The zero-order valence-electron chi connectivity index (χ0n) is 39.6. The Morgan fingerprint density at radius 2 is 0.845 bits per heavy atom. The van der Waals surface area contributed by atoms with Crippen molar-refractivity contribution >= 4 is 96.6 Å². The molecular formula is C67H51NOSi2. The highest BCUT2D eigenvalue weighted by molar-refractivity contribution is 7.22. The molecule has 0 aliphatic carbocycles. The molecule has 2 aromatic heterocycles. The van der Waals surface area contributed by atoms with Gasteiger partial charge in [-0.15, -0.1) is 0 Å². The molecule has 338 valence electrons. The largest absolute Gasteiger partial charge is 0.455 e. The first-order chi connectivity index (χ1) is 35.1. The second-order valence-electron chi connectivity index (χ2n) is 18.4. The first kappa shape index (κ1) is 43.7. The number of allylic oxidation sites excluding steroid dienone is 2. The van der Waals surface area contributed by atoms with E-state index >= 15 is 0 Å². The lowest BCUT2D eigenvalue weighted by atomic mass is 10.00. The van der Waals surface area contributed by atoms with E-state index in [1.807, 2.05) is 12.1 Å². The molecule has 0 atom stereocenters. The fraction of sp³-hybridized carbons (Fsp3) is 0.0149. The Morgan fingerprint density at radius 1 is 0.408 bits per heavy atom. The SMILES string of the molecule is C=C/C=C\c1c(C)c2cc(-c3cccc4c3oc3ccccc34)ccc2n1-c1cc([Si](c2ccccc2)(c2ccccc2)c2ccccc2)cc([Si](c2ccccc2)(c2ccccc2)c2ccccc2)c1. The predicted molar refractivity (Wildman–Crippen MR) is 307 cm³/mol. The van der Waals surface area contributed by atoms with Crippen molar-refractivity contribution in [1.82, 2.24) is 4.57 Å². The average molecular weight is 942 g/mol. The Bertz CT molecular complexity index is 3540. The number of benzene rings is 10. The van der Waals surface area contributed by atoms with E-state index in [4.69, 9.17) is 4.42 Å². The molecule has 0 aliphatic rings. The van der Waals surface area contributed by atoms with Gasteiger partial charge in [-0.3, -0.25) is 0 Å². The number of hydrogen-bond donors (Lipinski definition) is 0. The van der Waals surface area contributed by atoms with Gasteiger partial charge in [-0.05, 0) is 96.0 Å². The van der Waals surface area contributed by atoms with Crippen LogP contribution < -0.4 is 41.5 Å². The molecular weight excluding hydrogens is 891 g/mol. The van der Waals surface area contributed by atoms with Crippen molar-refractivity contribution < 1.29 is 4.42 Å². The second-order valence-corrected chi connectivity index (χ2v) is 26.0. The monoisotopic (exact) mass is 941 g/mol. The third kappa shape index (κ3) is 7.22. The second kappa shape index (κ2) is 18.4. The van der Waals surface area contributed by atoms with Gasteiger partial charge in [0.25, 0.3) is 0 Å². The molecule has 0 radical (unpaired) electrons. The van der Waals surface area contributed by atoms with E-state index < -0.39 is 16.1 Å². The molecule has 0 N–H and O–H groups in total. The molecule has 2 nitrogen and oxygen atoms in total. The van der Waals surface area contributed by atoms with Gasteiger partial charge >= 0.3 is 0 Å². The van der Waals surface area contributed by atoms with Gasteiger partial charge in [-0.2, -0.15) is 0 Å². The van der Waals surface area contributed by atoms with Gasteiger partial charge in [-0.25, -0.2) is 0 Å². The summed E-state index contributed by atoms with van der Waals surface area (Å²) in [7, 11) is -6.22. The van der Waals surface area contributed by atoms with Gasteiger partial charge in [0, 0.05) is 33.1 Å². The summed E-state index contributed by atoms with van der Waals surface area (Å²) in [5.41, 5.74) is 8.55. The van der Waals surface area contributed by atoms with E-state index in [-0.39, 0.29) is 0 Å². The molecule has 0 aliphatic heterocycles. The van der Waals surface area contributed by atoms with Crippen LogP contribution >= 0.6 is 0 Å². The van der Waals surface area contributed by atoms with Crippen molar-refractivity contribution in [1.29, 1.82) is 0 Å². The zero-order valence-corrected chi connectivity index (χ0v) is 41.6. The number of aromatic nitrogens is 1. The average Bonchev–Trinajstić information content (AvgIpc) is 3.96. The topological polar surface area (TPSA) is 18.1 Å². The lowest BCUT2D eigenvalue weighted by Crippen LogP contribution is -2.78. The fourth-order valence-electron chi connectivity index (χ4n) is 11.5. The number of rotatable bonds is 12. The van der Waals surface area contributed by atoms with Crippen LogP contribution in [0, 0.1) is 6.92 Å². The Morgan fingerprint density at radius 3 is 1.31 bits per heavy atom. The number of aryl methyl sites for hydroxylation is 1. The molecule has 0 spiro atoms. The van der Waals surface area contributed by atoms with E-state index in [1.165, 1.54) is 52.4 Å². The molecule has 71 heavy (non-hydrogen) atoms. The summed E-state index contributed by atoms with van der Waals surface area (Å²) in [6, 6.07) is 97.4. The van der Waals surface area contributed by atoms with Crippen LogP contribution in [-0.2, 0) is 0 Å². The predicted octanol–water partition coefficient (Wildman–Crippen LogP) is 11.5. The van der Waals surface area contributed by atoms with Crippen LogP contribution in [0.5, 0.6) is 0 Å². The fourth-order valence-corrected chi connectivity index (χ4v) is 21.3. The van der Waals surface area contributed by atoms with Crippen LogP contribution in [0.4, 0.5) is 0 Å². The van der Waals surface area contributed by atoms with Crippen molar-refractivity contribution in [2.45, 2.75) is 6.92 Å². The maximum absolute atomic E-state index is 6.62. The molecule has 0 bridgehead atoms. The van der Waals surface area contributed by atoms with E-state index in [0.29, 0.717) is 0 Å². The van der Waals surface area contributed by atoms with Crippen LogP contribution in [0.15, 0.2) is 284 Å².